The van der Waals surface area contributed by atoms with Crippen LogP contribution in [0.2, 0.25) is 0 Å². The Bertz CT molecular complexity index is 1790. The molecule has 3 aromatic carbocycles. The number of carbonyl (C=O) groups excluding carboxylic acids is 1. The summed E-state index contributed by atoms with van der Waals surface area (Å²) in [5.41, 5.74) is 9.09. The number of piperazine rings is 1. The molecular weight excluding hydrogens is 670 g/mol. The summed E-state index contributed by atoms with van der Waals surface area (Å²) < 4.78 is 85.2. The minimum Gasteiger partial charge on any atom is -0.406 e. The summed E-state index contributed by atoms with van der Waals surface area (Å²) in [5, 5.41) is 0.957. The summed E-state index contributed by atoms with van der Waals surface area (Å²) >= 11 is 0. The maximum Gasteiger partial charge on any atom is 0.573 e. The summed E-state index contributed by atoms with van der Waals surface area (Å²) in [6.07, 6.45) is -0.653. The lowest BCUT2D eigenvalue weighted by Gasteiger charge is -2.35. The van der Waals surface area contributed by atoms with Crippen LogP contribution < -0.4 is 10.5 Å². The van der Waals surface area contributed by atoms with Crippen LogP contribution in [-0.4, -0.2) is 58.2 Å². The van der Waals surface area contributed by atoms with E-state index in [0.29, 0.717) is 52.1 Å². The molecule has 0 amide bonds. The van der Waals surface area contributed by atoms with E-state index in [4.69, 9.17) is 5.73 Å². The van der Waals surface area contributed by atoms with Crippen LogP contribution in [0.25, 0.3) is 22.0 Å². The number of nitrogens with zero attached hydrogens (tertiary/aromatic N) is 3. The van der Waals surface area contributed by atoms with Crippen molar-refractivity contribution >= 4 is 16.7 Å². The number of nitrogens with two attached hydrogens (primary N) is 1. The molecule has 2 N–H and O–H groups in total. The molecule has 2 fully saturated rings. The highest BCUT2D eigenvalue weighted by Gasteiger charge is 2.35. The Morgan fingerprint density at radius 1 is 0.804 bits per heavy atom. The van der Waals surface area contributed by atoms with E-state index in [1.807, 2.05) is 11.1 Å². The monoisotopic (exact) mass is 714 g/mol. The average Bonchev–Trinajstić information content (AvgIpc) is 3.45. The van der Waals surface area contributed by atoms with Gasteiger partial charge in [-0.15, -0.1) is 13.2 Å². The standard InChI is InChI=1S/C39H44F6N4O2/c40-38(41,42)34-9-3-2-8-30(34)26-48-22-20-47(21-23-48)25-28-11-16-35-32(24-28)33(29-12-14-31(15-13-29)51-39(43,44)45)27-49(35)19-7-4-10-36(50)37(46)17-5-1-6-18-37/h2-3,8-9,11-16,24,27H,1,4-7,10,17-23,25-26,46H2. The lowest BCUT2D eigenvalue weighted by Crippen LogP contribution is -2.49. The number of aryl methyl sites for hydroxylation is 1. The van der Waals surface area contributed by atoms with Gasteiger partial charge in [0.1, 0.15) is 5.75 Å². The molecule has 0 unspecified atom stereocenters. The first-order valence-corrected chi connectivity index (χ1v) is 17.7. The second-order valence-electron chi connectivity index (χ2n) is 14.0. The van der Waals surface area contributed by atoms with Crippen molar-refractivity contribution in [1.29, 1.82) is 0 Å². The van der Waals surface area contributed by atoms with Gasteiger partial charge in [-0.1, -0.05) is 55.7 Å². The van der Waals surface area contributed by atoms with E-state index in [-0.39, 0.29) is 23.6 Å². The zero-order valence-corrected chi connectivity index (χ0v) is 28.5. The quantitative estimate of drug-likeness (QED) is 0.117. The fourth-order valence-electron chi connectivity index (χ4n) is 7.51. The molecule has 1 aromatic heterocycles. The van der Waals surface area contributed by atoms with Crippen LogP contribution in [0.1, 0.15) is 68.1 Å². The lowest BCUT2D eigenvalue weighted by molar-refractivity contribution is -0.274. The van der Waals surface area contributed by atoms with Crippen LogP contribution >= 0.6 is 0 Å². The largest absolute Gasteiger partial charge is 0.573 e. The van der Waals surface area contributed by atoms with Gasteiger partial charge in [-0.2, -0.15) is 13.2 Å². The van der Waals surface area contributed by atoms with Gasteiger partial charge in [0.15, 0.2) is 5.78 Å². The Morgan fingerprint density at radius 2 is 1.47 bits per heavy atom. The molecule has 4 aromatic rings. The van der Waals surface area contributed by atoms with Gasteiger partial charge in [0.2, 0.25) is 0 Å². The topological polar surface area (TPSA) is 63.7 Å². The molecule has 0 radical (unpaired) electrons. The van der Waals surface area contributed by atoms with Crippen molar-refractivity contribution in [2.75, 3.05) is 26.2 Å². The first kappa shape index (κ1) is 36.9. The van der Waals surface area contributed by atoms with Crippen LogP contribution in [0.4, 0.5) is 26.3 Å². The van der Waals surface area contributed by atoms with E-state index >= 15 is 0 Å². The SMILES string of the molecule is NC1(C(=O)CCCCn2cc(-c3ccc(OC(F)(F)F)cc3)c3cc(CN4CCN(Cc5ccccc5C(F)(F)F)CC4)ccc32)CCCCC1. The number of benzene rings is 3. The van der Waals surface area contributed by atoms with Crippen LogP contribution in [0, 0.1) is 0 Å². The number of rotatable bonds is 12. The Morgan fingerprint density at radius 3 is 2.14 bits per heavy atom. The van der Waals surface area contributed by atoms with Gasteiger partial charge in [-0.25, -0.2) is 0 Å². The van der Waals surface area contributed by atoms with Crippen molar-refractivity contribution < 1.29 is 35.9 Å². The van der Waals surface area contributed by atoms with Gasteiger partial charge in [-0.3, -0.25) is 14.6 Å². The molecule has 0 bridgehead atoms. The number of unbranched alkanes of at least 4 members (excludes halogenated alkanes) is 1. The fourth-order valence-corrected chi connectivity index (χ4v) is 7.51. The average molecular weight is 715 g/mol. The minimum absolute atomic E-state index is 0.137. The number of carbonyl (C=O) groups is 1. The molecule has 2 aliphatic rings. The fraction of sp³-hybridized carbons (Fsp3) is 0.462. The first-order chi connectivity index (χ1) is 24.3. The van der Waals surface area contributed by atoms with Gasteiger partial charge in [0, 0.05) is 74.9 Å². The van der Waals surface area contributed by atoms with Crippen LogP contribution in [0.3, 0.4) is 0 Å². The number of hydrogen-bond acceptors (Lipinski definition) is 5. The van der Waals surface area contributed by atoms with E-state index in [1.165, 1.54) is 24.3 Å². The third-order valence-electron chi connectivity index (χ3n) is 10.3. The predicted octanol–water partition coefficient (Wildman–Crippen LogP) is 8.94. The molecule has 6 rings (SSSR count). The minimum atomic E-state index is -4.78. The van der Waals surface area contributed by atoms with E-state index < -0.39 is 23.6 Å². The lowest BCUT2D eigenvalue weighted by atomic mass is 9.78. The van der Waals surface area contributed by atoms with Crippen molar-refractivity contribution in [3.8, 4) is 16.9 Å². The Kier molecular flexibility index (Phi) is 11.1. The molecular formula is C39H44F6N4O2. The number of Topliss-reactive ketones (excluding diaryl/α,β-unsaturated/α-hetero) is 1. The van der Waals surface area contributed by atoms with E-state index in [0.717, 1.165) is 72.2 Å². The summed E-state index contributed by atoms with van der Waals surface area (Å²) in [4.78, 5) is 17.3. The van der Waals surface area contributed by atoms with Gasteiger partial charge >= 0.3 is 12.5 Å². The molecule has 1 aliphatic carbocycles. The Balaban J connectivity index is 1.15. The maximum absolute atomic E-state index is 13.5. The highest BCUT2D eigenvalue weighted by Crippen LogP contribution is 2.35. The molecule has 2 heterocycles. The van der Waals surface area contributed by atoms with E-state index in [9.17, 15) is 31.1 Å². The number of alkyl halides is 6. The predicted molar refractivity (Wildman–Crippen MR) is 185 cm³/mol. The second kappa shape index (κ2) is 15.4. The second-order valence-corrected chi connectivity index (χ2v) is 14.0. The van der Waals surface area contributed by atoms with Gasteiger partial charge in [0.05, 0.1) is 11.1 Å². The molecule has 0 spiro atoms. The van der Waals surface area contributed by atoms with Gasteiger partial charge in [-0.05, 0) is 72.7 Å². The molecule has 1 saturated heterocycles. The third-order valence-corrected chi connectivity index (χ3v) is 10.3. The highest BCUT2D eigenvalue weighted by molar-refractivity contribution is 5.96. The Hall–Kier alpha value is -3.87. The molecule has 1 aliphatic heterocycles. The smallest absolute Gasteiger partial charge is 0.406 e. The molecule has 0 atom stereocenters. The molecule has 274 valence electrons. The number of halogens is 6. The van der Waals surface area contributed by atoms with Crippen molar-refractivity contribution in [3.05, 3.63) is 89.6 Å². The summed E-state index contributed by atoms with van der Waals surface area (Å²) in [7, 11) is 0. The van der Waals surface area contributed by atoms with Crippen LogP contribution in [-0.2, 0) is 30.6 Å². The zero-order valence-electron chi connectivity index (χ0n) is 28.5. The summed E-state index contributed by atoms with van der Waals surface area (Å²) in [5.74, 6) is -0.157. The van der Waals surface area contributed by atoms with Crippen LogP contribution in [0.15, 0.2) is 72.9 Å². The molecule has 51 heavy (non-hydrogen) atoms. The zero-order chi connectivity index (χ0) is 36.2. The normalized spacial score (nSPS) is 17.5. The van der Waals surface area contributed by atoms with E-state index in [2.05, 4.69) is 32.4 Å². The van der Waals surface area contributed by atoms with Crippen molar-refractivity contribution in [1.82, 2.24) is 14.4 Å². The van der Waals surface area contributed by atoms with E-state index in [1.54, 1.807) is 18.2 Å². The van der Waals surface area contributed by atoms with Gasteiger partial charge in [0.25, 0.3) is 0 Å². The number of ketones is 1. The van der Waals surface area contributed by atoms with Crippen molar-refractivity contribution in [2.45, 2.75) is 89.1 Å². The highest BCUT2D eigenvalue weighted by atomic mass is 19.4. The van der Waals surface area contributed by atoms with Crippen molar-refractivity contribution in [3.63, 3.8) is 0 Å². The van der Waals surface area contributed by atoms with Gasteiger partial charge < -0.3 is 15.0 Å². The van der Waals surface area contributed by atoms with Crippen molar-refractivity contribution in [2.24, 2.45) is 5.73 Å². The number of fused-ring (bicyclic) bond motifs is 1. The number of aromatic nitrogens is 1. The molecule has 6 nitrogen and oxygen atoms in total. The molecule has 12 heteroatoms. The summed E-state index contributed by atoms with van der Waals surface area (Å²) in [6.45, 7) is 4.21. The maximum atomic E-state index is 13.5. The number of hydrogen-bond donors (Lipinski definition) is 1. The van der Waals surface area contributed by atoms with Crippen LogP contribution in [0.5, 0.6) is 5.75 Å². The first-order valence-electron chi connectivity index (χ1n) is 17.7. The third kappa shape index (κ3) is 9.33. The summed E-state index contributed by atoms with van der Waals surface area (Å²) in [6, 6.07) is 17.8. The number of ether oxygens (including phenoxy) is 1. The Labute approximate surface area is 294 Å². The molecule has 1 saturated carbocycles.